The van der Waals surface area contributed by atoms with Gasteiger partial charge in [0, 0.05) is 12.8 Å². The van der Waals surface area contributed by atoms with E-state index in [9.17, 15) is 14.7 Å². The van der Waals surface area contributed by atoms with Crippen molar-refractivity contribution in [1.29, 1.82) is 0 Å². The minimum atomic E-state index is -0.782. The first-order chi connectivity index (χ1) is 23.6. The van der Waals surface area contributed by atoms with Gasteiger partial charge in [0.2, 0.25) is 0 Å². The third-order valence-electron chi connectivity index (χ3n) is 8.60. The van der Waals surface area contributed by atoms with Gasteiger partial charge < -0.3 is 14.6 Å². The monoisotopic (exact) mass is 673 g/mol. The topological polar surface area (TPSA) is 72.8 Å². The molecule has 0 amide bonds. The van der Waals surface area contributed by atoms with Gasteiger partial charge in [0.1, 0.15) is 6.61 Å². The molecule has 0 aromatic carbocycles. The molecule has 278 valence electrons. The Labute approximate surface area is 297 Å². The summed E-state index contributed by atoms with van der Waals surface area (Å²) in [7, 11) is 0. The molecule has 1 N–H and O–H groups in total. The molecule has 0 fully saturated rings. The summed E-state index contributed by atoms with van der Waals surface area (Å²) in [5.41, 5.74) is 0. The van der Waals surface area contributed by atoms with Gasteiger partial charge in [-0.1, -0.05) is 152 Å². The van der Waals surface area contributed by atoms with Crippen molar-refractivity contribution in [3.8, 4) is 0 Å². The molecule has 0 unspecified atom stereocenters. The van der Waals surface area contributed by atoms with E-state index in [1.807, 2.05) is 0 Å². The van der Waals surface area contributed by atoms with E-state index in [-0.39, 0.29) is 25.2 Å². The fourth-order valence-electron chi connectivity index (χ4n) is 5.50. The molecular formula is C43H76O5. The van der Waals surface area contributed by atoms with E-state index in [0.29, 0.717) is 12.8 Å². The van der Waals surface area contributed by atoms with Crippen LogP contribution < -0.4 is 0 Å². The Morgan fingerprint density at radius 2 is 0.833 bits per heavy atom. The first-order valence-electron chi connectivity index (χ1n) is 20.2. The second-order valence-corrected chi connectivity index (χ2v) is 13.4. The standard InChI is InChI=1S/C43H76O5/c1-3-5-7-9-11-13-15-17-19-21-23-25-27-29-31-33-35-37-42(45)47-40-41(39-44)48-43(46)38-36-34-32-30-28-26-24-22-20-18-16-14-12-10-8-6-4-2/h11,13,17-20,23,25,41,44H,3-10,12,14-16,21-22,24,26-40H2,1-2H3/b13-11-,19-17-,20-18-,25-23-/t41-/m0/s1. The van der Waals surface area contributed by atoms with Gasteiger partial charge >= 0.3 is 11.9 Å². The summed E-state index contributed by atoms with van der Waals surface area (Å²) in [6, 6.07) is 0. The van der Waals surface area contributed by atoms with Crippen LogP contribution in [-0.4, -0.2) is 36.4 Å². The van der Waals surface area contributed by atoms with E-state index in [4.69, 9.17) is 9.47 Å². The molecular weight excluding hydrogens is 596 g/mol. The molecule has 0 bridgehead atoms. The smallest absolute Gasteiger partial charge is 0.306 e. The number of carbonyl (C=O) groups excluding carboxylic acids is 2. The van der Waals surface area contributed by atoms with Crippen LogP contribution in [0.25, 0.3) is 0 Å². The Bertz CT molecular complexity index is 812. The van der Waals surface area contributed by atoms with Crippen LogP contribution in [-0.2, 0) is 19.1 Å². The third kappa shape index (κ3) is 36.7. The molecule has 0 aromatic rings. The van der Waals surface area contributed by atoms with Crippen molar-refractivity contribution in [2.45, 2.75) is 200 Å². The maximum Gasteiger partial charge on any atom is 0.306 e. The molecule has 0 saturated heterocycles. The number of unbranched alkanes of at least 4 members (excludes halogenated alkanes) is 20. The van der Waals surface area contributed by atoms with E-state index >= 15 is 0 Å². The highest BCUT2D eigenvalue weighted by Gasteiger charge is 2.16. The summed E-state index contributed by atoms with van der Waals surface area (Å²) in [6.07, 6.45) is 48.8. The van der Waals surface area contributed by atoms with Crippen molar-refractivity contribution in [2.24, 2.45) is 0 Å². The van der Waals surface area contributed by atoms with Gasteiger partial charge in [-0.15, -0.1) is 0 Å². The Kier molecular flexibility index (Phi) is 37.5. The molecule has 0 heterocycles. The normalized spacial score (nSPS) is 12.6. The highest BCUT2D eigenvalue weighted by Crippen LogP contribution is 2.13. The van der Waals surface area contributed by atoms with E-state index in [0.717, 1.165) is 64.2 Å². The van der Waals surface area contributed by atoms with Crippen LogP contribution in [0.4, 0.5) is 0 Å². The molecule has 0 aliphatic rings. The van der Waals surface area contributed by atoms with Crippen molar-refractivity contribution in [1.82, 2.24) is 0 Å². The molecule has 0 aliphatic heterocycles. The van der Waals surface area contributed by atoms with Gasteiger partial charge in [-0.3, -0.25) is 9.59 Å². The molecule has 0 aliphatic carbocycles. The van der Waals surface area contributed by atoms with Crippen LogP contribution in [0.2, 0.25) is 0 Å². The molecule has 0 saturated carbocycles. The van der Waals surface area contributed by atoms with Gasteiger partial charge in [0.25, 0.3) is 0 Å². The molecule has 0 spiro atoms. The summed E-state index contributed by atoms with van der Waals surface area (Å²) >= 11 is 0. The minimum absolute atomic E-state index is 0.0796. The lowest BCUT2D eigenvalue weighted by Gasteiger charge is -2.15. The lowest BCUT2D eigenvalue weighted by molar-refractivity contribution is -0.161. The highest BCUT2D eigenvalue weighted by molar-refractivity contribution is 5.70. The molecule has 0 aromatic heterocycles. The number of hydrogen-bond acceptors (Lipinski definition) is 5. The maximum absolute atomic E-state index is 12.2. The van der Waals surface area contributed by atoms with Crippen molar-refractivity contribution in [3.05, 3.63) is 48.6 Å². The van der Waals surface area contributed by atoms with Crippen LogP contribution in [0.15, 0.2) is 48.6 Å². The average molecular weight is 673 g/mol. The van der Waals surface area contributed by atoms with Gasteiger partial charge in [-0.25, -0.2) is 0 Å². The maximum atomic E-state index is 12.2. The van der Waals surface area contributed by atoms with Gasteiger partial charge in [-0.2, -0.15) is 0 Å². The predicted octanol–water partition coefficient (Wildman–Crippen LogP) is 12.6. The van der Waals surface area contributed by atoms with Crippen molar-refractivity contribution < 1.29 is 24.2 Å². The first-order valence-corrected chi connectivity index (χ1v) is 20.2. The Balaban J connectivity index is 3.61. The Morgan fingerprint density at radius 3 is 1.31 bits per heavy atom. The zero-order valence-corrected chi connectivity index (χ0v) is 31.5. The molecule has 0 rings (SSSR count). The number of aliphatic hydroxyl groups excluding tert-OH is 1. The van der Waals surface area contributed by atoms with Crippen LogP contribution in [0.3, 0.4) is 0 Å². The SMILES string of the molecule is CCCCC/C=C\C/C=C\C/C=C\CCCCCCC(=O)OC[C@H](CO)OC(=O)CCCCCCCCC/C=C\CCCCCCCC. The second-order valence-electron chi connectivity index (χ2n) is 13.4. The molecule has 48 heavy (non-hydrogen) atoms. The predicted molar refractivity (Wildman–Crippen MR) is 205 cm³/mol. The number of aliphatic hydroxyl groups is 1. The lowest BCUT2D eigenvalue weighted by atomic mass is 10.1. The number of rotatable bonds is 36. The summed E-state index contributed by atoms with van der Waals surface area (Å²) in [5.74, 6) is -0.621. The summed E-state index contributed by atoms with van der Waals surface area (Å²) in [5, 5.41) is 9.56. The fourth-order valence-corrected chi connectivity index (χ4v) is 5.50. The number of carbonyl (C=O) groups is 2. The second kappa shape index (κ2) is 39.3. The molecule has 5 nitrogen and oxygen atoms in total. The third-order valence-corrected chi connectivity index (χ3v) is 8.60. The minimum Gasteiger partial charge on any atom is -0.462 e. The summed E-state index contributed by atoms with van der Waals surface area (Å²) < 4.78 is 10.6. The number of ether oxygens (including phenoxy) is 2. The number of esters is 2. The zero-order chi connectivity index (χ0) is 35.0. The largest absolute Gasteiger partial charge is 0.462 e. The van der Waals surface area contributed by atoms with Crippen molar-refractivity contribution in [3.63, 3.8) is 0 Å². The van der Waals surface area contributed by atoms with Gasteiger partial charge in [-0.05, 0) is 77.0 Å². The Hall–Kier alpha value is -2.14. The lowest BCUT2D eigenvalue weighted by Crippen LogP contribution is -2.28. The van der Waals surface area contributed by atoms with Gasteiger partial charge in [0.15, 0.2) is 6.10 Å². The van der Waals surface area contributed by atoms with Crippen LogP contribution in [0, 0.1) is 0 Å². The van der Waals surface area contributed by atoms with E-state index in [2.05, 4.69) is 62.5 Å². The molecule has 5 heteroatoms. The molecule has 1 atom stereocenters. The number of hydrogen-bond donors (Lipinski definition) is 1. The quantitative estimate of drug-likeness (QED) is 0.0407. The highest BCUT2D eigenvalue weighted by atomic mass is 16.6. The zero-order valence-electron chi connectivity index (χ0n) is 31.5. The van der Waals surface area contributed by atoms with E-state index in [1.165, 1.54) is 103 Å². The van der Waals surface area contributed by atoms with Gasteiger partial charge in [0.05, 0.1) is 6.61 Å². The van der Waals surface area contributed by atoms with Crippen LogP contribution in [0.1, 0.15) is 194 Å². The summed E-state index contributed by atoms with van der Waals surface area (Å²) in [6.45, 7) is 4.08. The van der Waals surface area contributed by atoms with Crippen molar-refractivity contribution in [2.75, 3.05) is 13.2 Å². The van der Waals surface area contributed by atoms with Crippen LogP contribution >= 0.6 is 0 Å². The van der Waals surface area contributed by atoms with E-state index < -0.39 is 6.10 Å². The Morgan fingerprint density at radius 1 is 0.479 bits per heavy atom. The number of allylic oxidation sites excluding steroid dienone is 8. The first kappa shape index (κ1) is 45.9. The van der Waals surface area contributed by atoms with Crippen LogP contribution in [0.5, 0.6) is 0 Å². The molecule has 0 radical (unpaired) electrons. The fraction of sp³-hybridized carbons (Fsp3) is 0.767. The van der Waals surface area contributed by atoms with Crippen molar-refractivity contribution >= 4 is 11.9 Å². The van der Waals surface area contributed by atoms with E-state index in [1.54, 1.807) is 0 Å². The summed E-state index contributed by atoms with van der Waals surface area (Å²) in [4.78, 5) is 24.3. The average Bonchev–Trinajstić information content (AvgIpc) is 3.09.